The van der Waals surface area contributed by atoms with E-state index in [2.05, 4.69) is 17.4 Å². The van der Waals surface area contributed by atoms with Crippen molar-refractivity contribution < 1.29 is 27.9 Å². The predicted octanol–water partition coefficient (Wildman–Crippen LogP) is 3.21. The van der Waals surface area contributed by atoms with Crippen molar-refractivity contribution >= 4 is 17.6 Å². The quantitative estimate of drug-likeness (QED) is 0.527. The molecule has 5 N–H and O–H groups in total. The number of benzene rings is 2. The molecule has 0 saturated carbocycles. The average Bonchev–Trinajstić information content (AvgIpc) is 2.81. The summed E-state index contributed by atoms with van der Waals surface area (Å²) in [6, 6.07) is 13.4. The van der Waals surface area contributed by atoms with Gasteiger partial charge in [-0.2, -0.15) is 13.2 Å². The molecular formula is C23H27F3N4O3. The first kappa shape index (κ1) is 24.5. The second-order valence-electron chi connectivity index (χ2n) is 7.99. The number of alkyl halides is 3. The molecule has 0 aliphatic carbocycles. The van der Waals surface area contributed by atoms with Gasteiger partial charge in [0.05, 0.1) is 6.54 Å². The van der Waals surface area contributed by atoms with Crippen LogP contribution in [0.2, 0.25) is 0 Å². The molecule has 1 aliphatic heterocycles. The van der Waals surface area contributed by atoms with Gasteiger partial charge in [0.2, 0.25) is 0 Å². The summed E-state index contributed by atoms with van der Waals surface area (Å²) in [5, 5.41) is 13.3. The topological polar surface area (TPSA) is 108 Å². The molecule has 1 unspecified atom stereocenters. The lowest BCUT2D eigenvalue weighted by molar-refractivity contribution is -0.201. The number of nitrogens with one attached hydrogen (secondary N) is 2. The SMILES string of the molecule is NCc1cccc(C2CCN(C(=O)c3cccc(NC(=O)NCC(O)C(F)(F)F)c3)CC2)c1. The molecule has 0 radical (unpaired) electrons. The summed E-state index contributed by atoms with van der Waals surface area (Å²) in [5.74, 6) is 0.171. The molecule has 10 heteroatoms. The Balaban J connectivity index is 1.55. The Morgan fingerprint density at radius 2 is 1.82 bits per heavy atom. The van der Waals surface area contributed by atoms with Crippen molar-refractivity contribution in [1.29, 1.82) is 0 Å². The van der Waals surface area contributed by atoms with E-state index < -0.39 is 24.9 Å². The molecule has 33 heavy (non-hydrogen) atoms. The first-order valence-corrected chi connectivity index (χ1v) is 10.6. The average molecular weight is 464 g/mol. The van der Waals surface area contributed by atoms with Gasteiger partial charge in [-0.05, 0) is 48.1 Å². The zero-order chi connectivity index (χ0) is 24.0. The summed E-state index contributed by atoms with van der Waals surface area (Å²) in [7, 11) is 0. The van der Waals surface area contributed by atoms with Gasteiger partial charge in [-0.25, -0.2) is 4.79 Å². The monoisotopic (exact) mass is 464 g/mol. The van der Waals surface area contributed by atoms with Crippen LogP contribution < -0.4 is 16.4 Å². The van der Waals surface area contributed by atoms with Gasteiger partial charge in [-0.1, -0.05) is 30.3 Å². The van der Waals surface area contributed by atoms with Gasteiger partial charge in [0.1, 0.15) is 0 Å². The van der Waals surface area contributed by atoms with Crippen LogP contribution in [-0.2, 0) is 6.54 Å². The number of likely N-dealkylation sites (tertiary alicyclic amines) is 1. The number of nitrogens with two attached hydrogens (primary N) is 1. The number of halogens is 3. The first-order valence-electron chi connectivity index (χ1n) is 10.6. The molecule has 0 spiro atoms. The van der Waals surface area contributed by atoms with Gasteiger partial charge < -0.3 is 26.4 Å². The summed E-state index contributed by atoms with van der Waals surface area (Å²) < 4.78 is 37.0. The second-order valence-corrected chi connectivity index (χ2v) is 7.99. The smallest absolute Gasteiger partial charge is 0.382 e. The lowest BCUT2D eigenvalue weighted by Crippen LogP contribution is -2.42. The highest BCUT2D eigenvalue weighted by atomic mass is 19.4. The third-order valence-electron chi connectivity index (χ3n) is 5.64. The molecule has 2 aromatic carbocycles. The van der Waals surface area contributed by atoms with E-state index in [0.717, 1.165) is 18.4 Å². The molecule has 3 amide bonds. The van der Waals surface area contributed by atoms with E-state index >= 15 is 0 Å². The maximum atomic E-state index is 12.9. The molecule has 1 fully saturated rings. The number of aliphatic hydroxyl groups is 1. The van der Waals surface area contributed by atoms with Crippen LogP contribution in [0.15, 0.2) is 48.5 Å². The number of anilines is 1. The third-order valence-corrected chi connectivity index (χ3v) is 5.64. The van der Waals surface area contributed by atoms with Crippen molar-refractivity contribution in [3.8, 4) is 0 Å². The third kappa shape index (κ3) is 6.69. The lowest BCUT2D eigenvalue weighted by Gasteiger charge is -2.32. The van der Waals surface area contributed by atoms with Gasteiger partial charge in [0.15, 0.2) is 6.10 Å². The Bertz CT molecular complexity index is 975. The number of hydrogen-bond acceptors (Lipinski definition) is 4. The first-order chi connectivity index (χ1) is 15.7. The number of rotatable bonds is 6. The van der Waals surface area contributed by atoms with Gasteiger partial charge in [-0.3, -0.25) is 4.79 Å². The maximum absolute atomic E-state index is 12.9. The molecule has 1 aliphatic rings. The van der Waals surface area contributed by atoms with Crippen LogP contribution in [-0.4, -0.2) is 53.9 Å². The van der Waals surface area contributed by atoms with E-state index in [1.165, 1.54) is 17.7 Å². The fourth-order valence-electron chi connectivity index (χ4n) is 3.78. The van der Waals surface area contributed by atoms with Gasteiger partial charge in [-0.15, -0.1) is 0 Å². The number of urea groups is 1. The molecule has 0 aromatic heterocycles. The van der Waals surface area contributed by atoms with Crippen LogP contribution in [0.4, 0.5) is 23.7 Å². The fraction of sp³-hybridized carbons (Fsp3) is 0.391. The number of carbonyl (C=O) groups is 2. The largest absolute Gasteiger partial charge is 0.416 e. The van der Waals surface area contributed by atoms with Gasteiger partial charge in [0, 0.05) is 30.9 Å². The summed E-state index contributed by atoms with van der Waals surface area (Å²) in [6.45, 7) is 0.682. The van der Waals surface area contributed by atoms with E-state index in [0.29, 0.717) is 31.1 Å². The normalized spacial score (nSPS) is 15.7. The lowest BCUT2D eigenvalue weighted by atomic mass is 9.88. The van der Waals surface area contributed by atoms with Crippen molar-refractivity contribution in [2.75, 3.05) is 25.0 Å². The summed E-state index contributed by atoms with van der Waals surface area (Å²) in [5.41, 5.74) is 8.65. The molecule has 1 atom stereocenters. The molecule has 178 valence electrons. The molecule has 7 nitrogen and oxygen atoms in total. The summed E-state index contributed by atoms with van der Waals surface area (Å²) in [4.78, 5) is 26.5. The minimum Gasteiger partial charge on any atom is -0.382 e. The van der Waals surface area contributed by atoms with Crippen molar-refractivity contribution in [1.82, 2.24) is 10.2 Å². The zero-order valence-corrected chi connectivity index (χ0v) is 17.9. The van der Waals surface area contributed by atoms with Crippen molar-refractivity contribution in [3.63, 3.8) is 0 Å². The fourth-order valence-corrected chi connectivity index (χ4v) is 3.78. The summed E-state index contributed by atoms with van der Waals surface area (Å²) in [6.07, 6.45) is -5.83. The van der Waals surface area contributed by atoms with E-state index in [1.54, 1.807) is 17.0 Å². The van der Waals surface area contributed by atoms with Crippen LogP contribution in [0.3, 0.4) is 0 Å². The zero-order valence-electron chi connectivity index (χ0n) is 17.9. The van der Waals surface area contributed by atoms with E-state index in [-0.39, 0.29) is 11.6 Å². The summed E-state index contributed by atoms with van der Waals surface area (Å²) >= 11 is 0. The number of carbonyl (C=O) groups excluding carboxylic acids is 2. The standard InChI is InChI=1S/C23H27F3N4O3/c24-23(25,26)20(31)14-28-22(33)29-19-6-2-5-18(12-19)21(32)30-9-7-16(8-10-30)17-4-1-3-15(11-17)13-27/h1-6,11-12,16,20,31H,7-10,13-14,27H2,(H2,28,29,33). The molecule has 2 aromatic rings. The Labute approximate surface area is 189 Å². The van der Waals surface area contributed by atoms with Gasteiger partial charge >= 0.3 is 12.2 Å². The molecule has 3 rings (SSSR count). The number of hydrogen-bond donors (Lipinski definition) is 4. The highest BCUT2D eigenvalue weighted by Crippen LogP contribution is 2.29. The predicted molar refractivity (Wildman–Crippen MR) is 118 cm³/mol. The highest BCUT2D eigenvalue weighted by molar-refractivity contribution is 5.97. The van der Waals surface area contributed by atoms with Crippen molar-refractivity contribution in [2.45, 2.75) is 37.6 Å². The second kappa shape index (κ2) is 10.7. The van der Waals surface area contributed by atoms with Crippen LogP contribution in [0, 0.1) is 0 Å². The maximum Gasteiger partial charge on any atom is 0.416 e. The van der Waals surface area contributed by atoms with Crippen LogP contribution in [0.25, 0.3) is 0 Å². The minimum atomic E-state index is -4.82. The van der Waals surface area contributed by atoms with E-state index in [9.17, 15) is 22.8 Å². The molecule has 1 heterocycles. The number of nitrogens with zero attached hydrogens (tertiary/aromatic N) is 1. The van der Waals surface area contributed by atoms with Crippen molar-refractivity contribution in [3.05, 3.63) is 65.2 Å². The van der Waals surface area contributed by atoms with E-state index in [1.807, 2.05) is 17.4 Å². The van der Waals surface area contributed by atoms with Crippen LogP contribution >= 0.6 is 0 Å². The number of piperidine rings is 1. The Morgan fingerprint density at radius 1 is 1.12 bits per heavy atom. The van der Waals surface area contributed by atoms with Crippen LogP contribution in [0.5, 0.6) is 0 Å². The molecular weight excluding hydrogens is 437 g/mol. The molecule has 1 saturated heterocycles. The highest BCUT2D eigenvalue weighted by Gasteiger charge is 2.38. The molecule has 0 bridgehead atoms. The number of aliphatic hydroxyl groups excluding tert-OH is 1. The van der Waals surface area contributed by atoms with Crippen LogP contribution in [0.1, 0.15) is 40.2 Å². The number of amides is 3. The Hall–Kier alpha value is -3.11. The Kier molecular flexibility index (Phi) is 7.93. The van der Waals surface area contributed by atoms with E-state index in [4.69, 9.17) is 10.8 Å². The Morgan fingerprint density at radius 3 is 2.48 bits per heavy atom. The van der Waals surface area contributed by atoms with Gasteiger partial charge in [0.25, 0.3) is 5.91 Å². The minimum absolute atomic E-state index is 0.180. The van der Waals surface area contributed by atoms with Crippen molar-refractivity contribution in [2.24, 2.45) is 5.73 Å².